The van der Waals surface area contributed by atoms with E-state index in [4.69, 9.17) is 4.74 Å². The SMILES string of the molecule is COc1cccc(CC(=O)c2cncc(Br)c2)c1. The van der Waals surface area contributed by atoms with Crippen LogP contribution in [0.5, 0.6) is 5.75 Å². The van der Waals surface area contributed by atoms with Crippen molar-refractivity contribution in [2.45, 2.75) is 6.42 Å². The molecular formula is C14H12BrNO2. The number of halogens is 1. The fraction of sp³-hybridized carbons (Fsp3) is 0.143. The predicted molar refractivity (Wildman–Crippen MR) is 73.0 cm³/mol. The molecule has 0 amide bonds. The molecule has 3 nitrogen and oxygen atoms in total. The Hall–Kier alpha value is -1.68. The molecule has 0 unspecified atom stereocenters. The number of rotatable bonds is 4. The number of hydrogen-bond acceptors (Lipinski definition) is 3. The van der Waals surface area contributed by atoms with E-state index in [-0.39, 0.29) is 5.78 Å². The van der Waals surface area contributed by atoms with Crippen molar-refractivity contribution in [2.75, 3.05) is 7.11 Å². The van der Waals surface area contributed by atoms with E-state index in [9.17, 15) is 4.79 Å². The number of nitrogens with zero attached hydrogens (tertiary/aromatic N) is 1. The lowest BCUT2D eigenvalue weighted by Gasteiger charge is -2.04. The van der Waals surface area contributed by atoms with Gasteiger partial charge in [-0.15, -0.1) is 0 Å². The van der Waals surface area contributed by atoms with Gasteiger partial charge in [0.1, 0.15) is 5.75 Å². The summed E-state index contributed by atoms with van der Waals surface area (Å²) >= 11 is 3.30. The Morgan fingerprint density at radius 1 is 1.33 bits per heavy atom. The summed E-state index contributed by atoms with van der Waals surface area (Å²) in [6.45, 7) is 0. The highest BCUT2D eigenvalue weighted by Gasteiger charge is 2.08. The van der Waals surface area contributed by atoms with Gasteiger partial charge in [0.15, 0.2) is 5.78 Å². The lowest BCUT2D eigenvalue weighted by atomic mass is 10.0. The second-order valence-electron chi connectivity index (χ2n) is 3.84. The molecule has 92 valence electrons. The summed E-state index contributed by atoms with van der Waals surface area (Å²) in [7, 11) is 1.61. The van der Waals surface area contributed by atoms with E-state index in [2.05, 4.69) is 20.9 Å². The maximum absolute atomic E-state index is 12.1. The first kappa shape index (κ1) is 12.8. The average molecular weight is 306 g/mol. The molecule has 0 aliphatic carbocycles. The van der Waals surface area contributed by atoms with Crippen molar-refractivity contribution in [1.29, 1.82) is 0 Å². The molecule has 0 bridgehead atoms. The topological polar surface area (TPSA) is 39.2 Å². The van der Waals surface area contributed by atoms with E-state index < -0.39 is 0 Å². The second kappa shape index (κ2) is 5.78. The number of pyridine rings is 1. The van der Waals surface area contributed by atoms with E-state index in [1.807, 2.05) is 24.3 Å². The molecule has 2 rings (SSSR count). The number of ether oxygens (including phenoxy) is 1. The molecule has 0 aliphatic heterocycles. The second-order valence-corrected chi connectivity index (χ2v) is 4.76. The zero-order valence-corrected chi connectivity index (χ0v) is 11.5. The highest BCUT2D eigenvalue weighted by Crippen LogP contribution is 2.16. The van der Waals surface area contributed by atoms with Crippen LogP contribution in [0.25, 0.3) is 0 Å². The Labute approximate surface area is 114 Å². The Balaban J connectivity index is 2.16. The van der Waals surface area contributed by atoms with Crippen molar-refractivity contribution < 1.29 is 9.53 Å². The summed E-state index contributed by atoms with van der Waals surface area (Å²) in [4.78, 5) is 16.1. The van der Waals surface area contributed by atoms with Gasteiger partial charge in [0.25, 0.3) is 0 Å². The monoisotopic (exact) mass is 305 g/mol. The van der Waals surface area contributed by atoms with Crippen LogP contribution >= 0.6 is 15.9 Å². The normalized spacial score (nSPS) is 10.1. The van der Waals surface area contributed by atoms with Gasteiger partial charge >= 0.3 is 0 Å². The summed E-state index contributed by atoms with van der Waals surface area (Å²) in [5.41, 5.74) is 1.53. The number of carbonyl (C=O) groups excluding carboxylic acids is 1. The summed E-state index contributed by atoms with van der Waals surface area (Å²) in [6.07, 6.45) is 3.57. The van der Waals surface area contributed by atoms with Gasteiger partial charge in [-0.3, -0.25) is 9.78 Å². The van der Waals surface area contributed by atoms with Crippen molar-refractivity contribution in [3.05, 3.63) is 58.3 Å². The molecule has 0 atom stereocenters. The molecule has 2 aromatic rings. The smallest absolute Gasteiger partial charge is 0.168 e. The van der Waals surface area contributed by atoms with E-state index >= 15 is 0 Å². The molecule has 4 heteroatoms. The number of Topliss-reactive ketones (excluding diaryl/α,β-unsaturated/α-hetero) is 1. The molecular weight excluding hydrogens is 294 g/mol. The Morgan fingerprint density at radius 3 is 2.89 bits per heavy atom. The van der Waals surface area contributed by atoms with Crippen LogP contribution < -0.4 is 4.74 Å². The molecule has 0 saturated carbocycles. The van der Waals surface area contributed by atoms with Crippen LogP contribution in [0, 0.1) is 0 Å². The lowest BCUT2D eigenvalue weighted by Crippen LogP contribution is -2.04. The zero-order chi connectivity index (χ0) is 13.0. The molecule has 1 aromatic carbocycles. The number of aromatic nitrogens is 1. The molecule has 1 heterocycles. The van der Waals surface area contributed by atoms with Crippen molar-refractivity contribution in [1.82, 2.24) is 4.98 Å². The number of carbonyl (C=O) groups is 1. The van der Waals surface area contributed by atoms with Crippen molar-refractivity contribution in [3.8, 4) is 5.75 Å². The Kier molecular flexibility index (Phi) is 4.10. The summed E-state index contributed by atoms with van der Waals surface area (Å²) in [6, 6.07) is 9.28. The number of benzene rings is 1. The van der Waals surface area contributed by atoms with E-state index in [1.165, 1.54) is 0 Å². The summed E-state index contributed by atoms with van der Waals surface area (Å²) in [5.74, 6) is 0.796. The molecule has 0 fully saturated rings. The largest absolute Gasteiger partial charge is 0.497 e. The zero-order valence-electron chi connectivity index (χ0n) is 9.89. The van der Waals surface area contributed by atoms with Crippen LogP contribution in [0.1, 0.15) is 15.9 Å². The van der Waals surface area contributed by atoms with Crippen molar-refractivity contribution >= 4 is 21.7 Å². The summed E-state index contributed by atoms with van der Waals surface area (Å²) in [5, 5.41) is 0. The van der Waals surface area contributed by atoms with Gasteiger partial charge < -0.3 is 4.74 Å². The van der Waals surface area contributed by atoms with Crippen LogP contribution in [0.15, 0.2) is 47.2 Å². The Morgan fingerprint density at radius 2 is 2.17 bits per heavy atom. The van der Waals surface area contributed by atoms with Crippen LogP contribution in [0.3, 0.4) is 0 Å². The minimum absolute atomic E-state index is 0.0389. The number of hydrogen-bond donors (Lipinski definition) is 0. The van der Waals surface area contributed by atoms with Gasteiger partial charge in [0, 0.05) is 28.9 Å². The third kappa shape index (κ3) is 3.17. The lowest BCUT2D eigenvalue weighted by molar-refractivity contribution is 0.0992. The molecule has 1 aromatic heterocycles. The Bertz CT molecular complexity index is 569. The van der Waals surface area contributed by atoms with Crippen molar-refractivity contribution in [2.24, 2.45) is 0 Å². The van der Waals surface area contributed by atoms with E-state index in [1.54, 1.807) is 25.6 Å². The van der Waals surface area contributed by atoms with Gasteiger partial charge in [-0.25, -0.2) is 0 Å². The van der Waals surface area contributed by atoms with E-state index in [0.29, 0.717) is 12.0 Å². The van der Waals surface area contributed by atoms with Gasteiger partial charge in [-0.05, 0) is 39.7 Å². The molecule has 18 heavy (non-hydrogen) atoms. The maximum atomic E-state index is 12.1. The van der Waals surface area contributed by atoms with Crippen molar-refractivity contribution in [3.63, 3.8) is 0 Å². The standard InChI is InChI=1S/C14H12BrNO2/c1-18-13-4-2-3-10(5-13)6-14(17)11-7-12(15)9-16-8-11/h2-5,7-9H,6H2,1H3. The fourth-order valence-electron chi connectivity index (χ4n) is 1.63. The van der Waals surface area contributed by atoms with Gasteiger partial charge in [0.2, 0.25) is 0 Å². The minimum atomic E-state index is 0.0389. The van der Waals surface area contributed by atoms with Crippen LogP contribution in [-0.2, 0) is 6.42 Å². The maximum Gasteiger partial charge on any atom is 0.168 e. The van der Waals surface area contributed by atoms with E-state index in [0.717, 1.165) is 15.8 Å². The number of methoxy groups -OCH3 is 1. The quantitative estimate of drug-likeness (QED) is 0.814. The molecule has 0 radical (unpaired) electrons. The fourth-order valence-corrected chi connectivity index (χ4v) is 2.00. The predicted octanol–water partition coefficient (Wildman–Crippen LogP) is 3.28. The molecule has 0 aliphatic rings. The van der Waals surface area contributed by atoms with Crippen LogP contribution in [0.2, 0.25) is 0 Å². The highest BCUT2D eigenvalue weighted by molar-refractivity contribution is 9.10. The number of ketones is 1. The first-order chi connectivity index (χ1) is 8.69. The van der Waals surface area contributed by atoms with Gasteiger partial charge in [-0.2, -0.15) is 0 Å². The molecule has 0 N–H and O–H groups in total. The van der Waals surface area contributed by atoms with Crippen LogP contribution in [0.4, 0.5) is 0 Å². The minimum Gasteiger partial charge on any atom is -0.497 e. The first-order valence-corrected chi connectivity index (χ1v) is 6.25. The highest BCUT2D eigenvalue weighted by atomic mass is 79.9. The summed E-state index contributed by atoms with van der Waals surface area (Å²) < 4.78 is 5.93. The van der Waals surface area contributed by atoms with Gasteiger partial charge in [0.05, 0.1) is 7.11 Å². The average Bonchev–Trinajstić information content (AvgIpc) is 2.39. The third-order valence-electron chi connectivity index (χ3n) is 2.53. The first-order valence-electron chi connectivity index (χ1n) is 5.46. The van der Waals surface area contributed by atoms with Gasteiger partial charge in [-0.1, -0.05) is 12.1 Å². The molecule has 0 saturated heterocycles. The van der Waals surface area contributed by atoms with Crippen LogP contribution in [-0.4, -0.2) is 17.9 Å². The molecule has 0 spiro atoms. The third-order valence-corrected chi connectivity index (χ3v) is 2.96.